The second-order valence-corrected chi connectivity index (χ2v) is 2.03. The van der Waals surface area contributed by atoms with E-state index in [1.165, 1.54) is 6.42 Å². The first-order chi connectivity index (χ1) is 8.31. The first kappa shape index (κ1) is 30.3. The summed E-state index contributed by atoms with van der Waals surface area (Å²) in [7, 11) is 0. The Morgan fingerprint density at radius 1 is 1.17 bits per heavy atom. The molecule has 0 aliphatic heterocycles. The quantitative estimate of drug-likeness (QED) is 0.322. The van der Waals surface area contributed by atoms with E-state index in [1.807, 2.05) is 32.8 Å². The molecule has 5 nitrogen and oxygen atoms in total. The maximum Gasteiger partial charge on any atom is 0 e. The van der Waals surface area contributed by atoms with Gasteiger partial charge in [0.25, 0.3) is 0 Å². The fraction of sp³-hybridized carbons (Fsp3) is 0.333. The van der Waals surface area contributed by atoms with Crippen LogP contribution in [0.15, 0.2) is 0 Å². The van der Waals surface area contributed by atoms with E-state index in [-0.39, 0.29) is 23.2 Å². The van der Waals surface area contributed by atoms with Crippen molar-refractivity contribution >= 4 is 0 Å². The van der Waals surface area contributed by atoms with E-state index >= 15 is 0 Å². The molecule has 0 aliphatic rings. The molecule has 0 aliphatic carbocycles. The van der Waals surface area contributed by atoms with Gasteiger partial charge in [-0.3, -0.25) is 0 Å². The Morgan fingerprint density at radius 2 is 1.61 bits per heavy atom. The van der Waals surface area contributed by atoms with Crippen molar-refractivity contribution in [2.75, 3.05) is 6.61 Å². The average molecular weight is 291 g/mol. The minimum absolute atomic E-state index is 0. The fourth-order valence-corrected chi connectivity index (χ4v) is 0.638. The molecule has 0 aromatic carbocycles. The molecule has 0 bridgehead atoms. The topological polar surface area (TPSA) is 92.7 Å². The van der Waals surface area contributed by atoms with Crippen LogP contribution in [0.1, 0.15) is 13.8 Å². The second kappa shape index (κ2) is 44.2. The molecule has 18 heavy (non-hydrogen) atoms. The van der Waals surface area contributed by atoms with Gasteiger partial charge in [0.1, 0.15) is 0 Å². The minimum atomic E-state index is 0. The molecule has 0 saturated carbocycles. The third-order valence-electron chi connectivity index (χ3n) is 1.09. The van der Waals surface area contributed by atoms with Crippen LogP contribution in [0.5, 0.6) is 0 Å². The van der Waals surface area contributed by atoms with Crippen LogP contribution >= 0.6 is 0 Å². The summed E-state index contributed by atoms with van der Waals surface area (Å²) in [6.07, 6.45) is 6.95. The molecule has 0 fully saturated rings. The Bertz CT molecular complexity index is 206. The third kappa shape index (κ3) is 45.6. The van der Waals surface area contributed by atoms with E-state index in [9.17, 15) is 0 Å². The molecule has 0 heterocycles. The van der Waals surface area contributed by atoms with Gasteiger partial charge in [-0.05, 0) is 33.1 Å². The molecular weight excluding hydrogens is 278 g/mol. The van der Waals surface area contributed by atoms with Gasteiger partial charge in [0.05, 0.1) is 18.6 Å². The van der Waals surface area contributed by atoms with Crippen molar-refractivity contribution in [2.24, 2.45) is 0 Å². The molecule has 0 rings (SSSR count). The van der Waals surface area contributed by atoms with E-state index in [2.05, 4.69) is 20.0 Å². The molecule has 0 spiro atoms. The molecule has 0 aromatic heterocycles. The smallest absolute Gasteiger partial charge is 0 e. The van der Waals surface area contributed by atoms with Crippen LogP contribution in [0.3, 0.4) is 0 Å². The summed E-state index contributed by atoms with van der Waals surface area (Å²) >= 11 is 0. The van der Waals surface area contributed by atoms with Crippen molar-refractivity contribution < 1.29 is 35.8 Å². The molecule has 0 saturated heterocycles. The number of hydrogen-bond acceptors (Lipinski definition) is 2. The Morgan fingerprint density at radius 3 is 1.94 bits per heavy atom. The van der Waals surface area contributed by atoms with Crippen molar-refractivity contribution in [3.05, 3.63) is 45.6 Å². The summed E-state index contributed by atoms with van der Waals surface area (Å²) in [5.41, 5.74) is 0. The number of nitrogens with zero attached hydrogens (tertiary/aromatic N) is 1. The fourth-order valence-electron chi connectivity index (χ4n) is 0.638. The zero-order chi connectivity index (χ0) is 14.5. The van der Waals surface area contributed by atoms with Crippen LogP contribution in [-0.2, 0) is 35.8 Å². The van der Waals surface area contributed by atoms with Crippen molar-refractivity contribution in [1.29, 1.82) is 5.26 Å². The minimum Gasteiger partial charge on any atom is 0 e. The molecule has 6 heteroatoms. The van der Waals surface area contributed by atoms with E-state index < -0.39 is 0 Å². The normalized spacial score (nSPS) is 7.94. The molecule has 98 valence electrons. The van der Waals surface area contributed by atoms with Crippen LogP contribution < -0.4 is 0 Å². The van der Waals surface area contributed by atoms with Crippen molar-refractivity contribution in [3.8, 4) is 6.07 Å². The molecule has 0 amide bonds. The largest absolute Gasteiger partial charge is 0 e. The molecular formula is C12H13FeNO4. The zero-order valence-corrected chi connectivity index (χ0v) is 11.1. The van der Waals surface area contributed by atoms with Gasteiger partial charge in [-0.1, -0.05) is 0 Å². The van der Waals surface area contributed by atoms with Crippen LogP contribution in [0.25, 0.3) is 0 Å². The van der Waals surface area contributed by atoms with Gasteiger partial charge in [0, 0.05) is 23.7 Å². The predicted octanol–water partition coefficient (Wildman–Crippen LogP) is 1.64. The van der Waals surface area contributed by atoms with Crippen LogP contribution in [0, 0.1) is 57.0 Å². The van der Waals surface area contributed by atoms with Crippen molar-refractivity contribution in [2.45, 2.75) is 20.0 Å². The van der Waals surface area contributed by atoms with Crippen LogP contribution in [0.2, 0.25) is 0 Å². The van der Waals surface area contributed by atoms with Gasteiger partial charge < -0.3 is 4.74 Å². The van der Waals surface area contributed by atoms with E-state index in [0.717, 1.165) is 0 Å². The van der Waals surface area contributed by atoms with E-state index in [0.29, 0.717) is 6.61 Å². The summed E-state index contributed by atoms with van der Waals surface area (Å²) in [5.74, 6) is 0. The number of hydrogen-bond donors (Lipinski definition) is 0. The third-order valence-corrected chi connectivity index (χ3v) is 1.09. The summed E-state index contributed by atoms with van der Waals surface area (Å²) in [5, 5.41) is 8.13. The maximum absolute atomic E-state index is 8.13. The van der Waals surface area contributed by atoms with Gasteiger partial charge >= 0.3 is 33.9 Å². The van der Waals surface area contributed by atoms with E-state index in [4.69, 9.17) is 24.0 Å². The summed E-state index contributed by atoms with van der Waals surface area (Å²) in [6, 6.07) is 1.90. The number of unbranched alkanes of at least 4 members (excludes halogenated alkanes) is 2. The van der Waals surface area contributed by atoms with Gasteiger partial charge in [0.2, 0.25) is 0 Å². The number of rotatable bonds is 6. The van der Waals surface area contributed by atoms with Gasteiger partial charge in [-0.15, -0.1) is 0 Å². The zero-order valence-electron chi connectivity index (χ0n) is 10.0. The standard InChI is InChI=1S/C9H13NO.3CO.Fe/c1-3-11-9(2)7-5-4-6-8-10;3*1-2;/h4-7,9H,3H2,1-2H3;;;;/t9-;;;;/m0..../s1. The van der Waals surface area contributed by atoms with Gasteiger partial charge in [-0.25, -0.2) is 0 Å². The van der Waals surface area contributed by atoms with Crippen molar-refractivity contribution in [1.82, 2.24) is 0 Å². The van der Waals surface area contributed by atoms with Crippen molar-refractivity contribution in [3.63, 3.8) is 0 Å². The summed E-state index contributed by atoms with van der Waals surface area (Å²) < 4.78 is 27.7. The number of nitriles is 1. The Labute approximate surface area is 120 Å². The van der Waals surface area contributed by atoms with Crippen LogP contribution in [-0.4, -0.2) is 12.7 Å². The average Bonchev–Trinajstić information content (AvgIpc) is 2.42. The van der Waals surface area contributed by atoms with Crippen LogP contribution in [0.4, 0.5) is 0 Å². The molecule has 4 radical (unpaired) electrons. The Balaban J connectivity index is -0.0000000700. The molecule has 0 unspecified atom stereocenters. The Hall–Kier alpha value is -0.811. The maximum atomic E-state index is 8.13. The number of ether oxygens (including phenoxy) is 1. The van der Waals surface area contributed by atoms with Gasteiger partial charge in [0.15, 0.2) is 0 Å². The first-order valence-electron chi connectivity index (χ1n) is 4.27. The SMILES string of the molecule is CCO[C@@H](C)[CH][CH][CH][CH]C#N.[C-]#[O+].[C-]#[O+].[C-]#[O+].[Fe]. The predicted molar refractivity (Wildman–Crippen MR) is 55.7 cm³/mol. The Kier molecular flexibility index (Phi) is 74.5. The molecule has 0 N–H and O–H groups in total. The monoisotopic (exact) mass is 291 g/mol. The first-order valence-corrected chi connectivity index (χ1v) is 4.27. The second-order valence-electron chi connectivity index (χ2n) is 2.03. The van der Waals surface area contributed by atoms with Gasteiger partial charge in [-0.2, -0.15) is 5.26 Å². The summed E-state index contributed by atoms with van der Waals surface area (Å²) in [4.78, 5) is 0. The summed E-state index contributed by atoms with van der Waals surface area (Å²) in [6.45, 7) is 18.1. The molecule has 0 aromatic rings. The molecule has 1 atom stereocenters. The van der Waals surface area contributed by atoms with E-state index in [1.54, 1.807) is 6.42 Å².